The molecule has 2 aliphatic rings. The molecule has 0 amide bonds. The fourth-order valence-electron chi connectivity index (χ4n) is 4.98. The van der Waals surface area contributed by atoms with Gasteiger partial charge in [-0.25, -0.2) is 0 Å². The Balaban J connectivity index is 1.30. The smallest absolute Gasteiger partial charge is 0.333 e. The molecule has 0 spiro atoms. The van der Waals surface area contributed by atoms with Crippen LogP contribution in [-0.4, -0.2) is 54.0 Å². The van der Waals surface area contributed by atoms with Gasteiger partial charge < -0.3 is 19.5 Å². The summed E-state index contributed by atoms with van der Waals surface area (Å²) in [6, 6.07) is 0. The van der Waals surface area contributed by atoms with Crippen molar-refractivity contribution in [3.05, 3.63) is 0 Å². The quantitative estimate of drug-likeness (QED) is 0.137. The Morgan fingerprint density at radius 3 is 1.67 bits per heavy atom. The summed E-state index contributed by atoms with van der Waals surface area (Å²) in [6.45, 7) is 2.44. The van der Waals surface area contributed by atoms with Gasteiger partial charge in [0.1, 0.15) is 18.3 Å². The molecule has 0 aliphatic carbocycles. The fraction of sp³-hybridized carbons (Fsp3) is 1.00. The van der Waals surface area contributed by atoms with E-state index in [4.69, 9.17) is 18.9 Å². The van der Waals surface area contributed by atoms with Gasteiger partial charge in [0.2, 0.25) is 0 Å². The van der Waals surface area contributed by atoms with E-state index in [2.05, 4.69) is 6.92 Å². The van der Waals surface area contributed by atoms with Crippen molar-refractivity contribution in [1.29, 1.82) is 0 Å². The van der Waals surface area contributed by atoms with Crippen LogP contribution in [0.2, 0.25) is 0 Å². The van der Waals surface area contributed by atoms with Crippen LogP contribution in [0.4, 0.5) is 0 Å². The van der Waals surface area contributed by atoms with E-state index in [1.807, 2.05) is 0 Å². The third-order valence-electron chi connectivity index (χ3n) is 7.09. The highest BCUT2D eigenvalue weighted by atomic mass is 31.2. The van der Waals surface area contributed by atoms with Crippen LogP contribution in [0.1, 0.15) is 122 Å². The molecule has 0 saturated carbocycles. The van der Waals surface area contributed by atoms with Crippen LogP contribution in [0.3, 0.4) is 0 Å². The van der Waals surface area contributed by atoms with Crippen molar-refractivity contribution < 1.29 is 28.6 Å². The number of hydrogen-bond acceptors (Lipinski definition) is 6. The number of ether oxygens (including phenoxy) is 1. The molecule has 33 heavy (non-hydrogen) atoms. The number of aliphatic hydroxyl groups is 2. The molecule has 2 saturated heterocycles. The second kappa shape index (κ2) is 17.5. The van der Waals surface area contributed by atoms with Gasteiger partial charge in [-0.1, -0.05) is 116 Å². The minimum absolute atomic E-state index is 0.171. The Bertz CT molecular complexity index is 531. The average molecular weight is 491 g/mol. The lowest BCUT2D eigenvalue weighted by Gasteiger charge is -2.18. The van der Waals surface area contributed by atoms with Gasteiger partial charge in [0, 0.05) is 0 Å². The molecule has 6 nitrogen and oxygen atoms in total. The summed E-state index contributed by atoms with van der Waals surface area (Å²) >= 11 is 0. The Morgan fingerprint density at radius 1 is 0.788 bits per heavy atom. The van der Waals surface area contributed by atoms with E-state index in [-0.39, 0.29) is 12.8 Å². The molecule has 5 atom stereocenters. The monoisotopic (exact) mass is 490 g/mol. The van der Waals surface area contributed by atoms with Crippen molar-refractivity contribution in [3.8, 4) is 0 Å². The van der Waals surface area contributed by atoms with Gasteiger partial charge in [-0.15, -0.1) is 0 Å². The van der Waals surface area contributed by atoms with Crippen LogP contribution in [0, 0.1) is 0 Å². The molecular weight excluding hydrogens is 439 g/mol. The molecule has 1 unspecified atom stereocenters. The first kappa shape index (κ1) is 29.3. The van der Waals surface area contributed by atoms with E-state index < -0.39 is 32.0 Å². The van der Waals surface area contributed by atoms with Gasteiger partial charge in [0.15, 0.2) is 0 Å². The first-order chi connectivity index (χ1) is 16.1. The Morgan fingerprint density at radius 2 is 1.24 bits per heavy atom. The van der Waals surface area contributed by atoms with E-state index in [0.717, 1.165) is 12.8 Å². The van der Waals surface area contributed by atoms with E-state index in [1.165, 1.54) is 103 Å². The summed E-state index contributed by atoms with van der Waals surface area (Å²) in [5.41, 5.74) is 0. The predicted molar refractivity (Wildman–Crippen MR) is 134 cm³/mol. The predicted octanol–water partition coefficient (Wildman–Crippen LogP) is 6.76. The molecule has 0 aromatic heterocycles. The average Bonchev–Trinajstić information content (AvgIpc) is 3.28. The third kappa shape index (κ3) is 11.5. The number of hydrogen-bond donors (Lipinski definition) is 2. The Kier molecular flexibility index (Phi) is 15.5. The molecular formula is C26H51O6P. The van der Waals surface area contributed by atoms with Gasteiger partial charge >= 0.3 is 7.60 Å². The summed E-state index contributed by atoms with van der Waals surface area (Å²) in [6.07, 6.45) is 21.5. The first-order valence-electron chi connectivity index (χ1n) is 14.0. The van der Waals surface area contributed by atoms with Crippen LogP contribution < -0.4 is 0 Å². The van der Waals surface area contributed by atoms with E-state index >= 15 is 0 Å². The normalized spacial score (nSPS) is 29.1. The molecule has 0 aromatic rings. The molecule has 2 rings (SSSR count). The van der Waals surface area contributed by atoms with Crippen molar-refractivity contribution in [2.24, 2.45) is 0 Å². The number of unbranched alkanes of at least 4 members (excludes halogenated alkanes) is 17. The van der Waals surface area contributed by atoms with Gasteiger partial charge in [0.25, 0.3) is 0 Å². The SMILES string of the molecule is CCCCCCCCCCCCCCCCCCCCOP1(=O)C[C@@H]2O[C@H](CO)[C@@H](O)[C@@H]2O1. The van der Waals surface area contributed by atoms with Crippen molar-refractivity contribution >= 4 is 7.60 Å². The highest BCUT2D eigenvalue weighted by Gasteiger charge is 2.55. The summed E-state index contributed by atoms with van der Waals surface area (Å²) in [7, 11) is -3.18. The van der Waals surface area contributed by atoms with Crippen molar-refractivity contribution in [3.63, 3.8) is 0 Å². The lowest BCUT2D eigenvalue weighted by Crippen LogP contribution is -2.33. The molecule has 2 heterocycles. The van der Waals surface area contributed by atoms with Crippen LogP contribution in [0.15, 0.2) is 0 Å². The van der Waals surface area contributed by atoms with Crippen LogP contribution >= 0.6 is 7.60 Å². The van der Waals surface area contributed by atoms with Gasteiger partial charge in [-0.3, -0.25) is 9.09 Å². The highest BCUT2D eigenvalue weighted by Crippen LogP contribution is 2.58. The Labute approximate surface area is 202 Å². The summed E-state index contributed by atoms with van der Waals surface area (Å²) < 4.78 is 29.2. The minimum Gasteiger partial charge on any atom is -0.394 e. The maximum atomic E-state index is 12.7. The second-order valence-corrected chi connectivity index (χ2v) is 12.1. The molecule has 0 aromatic carbocycles. The lowest BCUT2D eigenvalue weighted by atomic mass is 10.0. The fourth-order valence-corrected chi connectivity index (χ4v) is 7.01. The van der Waals surface area contributed by atoms with Gasteiger partial charge in [-0.05, 0) is 6.42 Å². The maximum absolute atomic E-state index is 12.7. The molecule has 0 radical (unpaired) electrons. The zero-order chi connectivity index (χ0) is 23.8. The van der Waals surface area contributed by atoms with E-state index in [0.29, 0.717) is 6.61 Å². The van der Waals surface area contributed by atoms with Crippen molar-refractivity contribution in [1.82, 2.24) is 0 Å². The number of rotatable bonds is 21. The largest absolute Gasteiger partial charge is 0.394 e. The molecule has 2 aliphatic heterocycles. The highest BCUT2D eigenvalue weighted by molar-refractivity contribution is 7.54. The molecule has 196 valence electrons. The first-order valence-corrected chi connectivity index (χ1v) is 15.7. The summed E-state index contributed by atoms with van der Waals surface area (Å²) in [5, 5.41) is 19.2. The van der Waals surface area contributed by atoms with Gasteiger partial charge in [0.05, 0.1) is 25.5 Å². The summed E-state index contributed by atoms with van der Waals surface area (Å²) in [5.74, 6) is 0. The van der Waals surface area contributed by atoms with Crippen molar-refractivity contribution in [2.45, 2.75) is 147 Å². The van der Waals surface area contributed by atoms with Crippen LogP contribution in [0.5, 0.6) is 0 Å². The lowest BCUT2D eigenvalue weighted by molar-refractivity contribution is -0.0194. The van der Waals surface area contributed by atoms with E-state index in [1.54, 1.807) is 0 Å². The molecule has 0 bridgehead atoms. The van der Waals surface area contributed by atoms with Crippen LogP contribution in [0.25, 0.3) is 0 Å². The second-order valence-electron chi connectivity index (χ2n) is 10.1. The standard InChI is InChI=1S/C26H51O6P/c1-2-3-4-5-6-7-8-9-10-11-12-13-14-15-16-17-18-19-20-30-33(29)22-24-26(32-33)25(28)23(21-27)31-24/h23-28H,2-22H2,1H3/t23-,24+,25-,26-,33?/m1/s1. The van der Waals surface area contributed by atoms with Crippen molar-refractivity contribution in [2.75, 3.05) is 19.4 Å². The topological polar surface area (TPSA) is 85.2 Å². The number of fused-ring (bicyclic) bond motifs is 1. The Hall–Kier alpha value is 0.0300. The van der Waals surface area contributed by atoms with E-state index in [9.17, 15) is 9.67 Å². The van der Waals surface area contributed by atoms with Gasteiger partial charge in [-0.2, -0.15) is 0 Å². The molecule has 2 N–H and O–H groups in total. The zero-order valence-corrected chi connectivity index (χ0v) is 22.0. The maximum Gasteiger partial charge on any atom is 0.333 e. The third-order valence-corrected chi connectivity index (χ3v) is 9.03. The molecule has 7 heteroatoms. The molecule has 2 fully saturated rings. The number of aliphatic hydroxyl groups excluding tert-OH is 2. The summed E-state index contributed by atoms with van der Waals surface area (Å²) in [4.78, 5) is 0. The van der Waals surface area contributed by atoms with Crippen LogP contribution in [-0.2, 0) is 18.3 Å². The zero-order valence-electron chi connectivity index (χ0n) is 21.1. The minimum atomic E-state index is -3.18.